The molecule has 1 aromatic heterocycles. The average Bonchev–Trinajstić information content (AvgIpc) is 2.18. The first-order valence-corrected chi connectivity index (χ1v) is 4.76. The number of nitrogens with two attached hydrogens (primary N) is 1. The van der Waals surface area contributed by atoms with Gasteiger partial charge < -0.3 is 15.8 Å². The Kier molecular flexibility index (Phi) is 2.66. The number of rotatable bonds is 3. The van der Waals surface area contributed by atoms with E-state index in [1.807, 2.05) is 0 Å². The monoisotopic (exact) mass is 207 g/mol. The highest BCUT2D eigenvalue weighted by molar-refractivity contribution is 5.96. The zero-order chi connectivity index (χ0) is 10.7. The molecule has 1 aliphatic rings. The lowest BCUT2D eigenvalue weighted by Crippen LogP contribution is -2.56. The fourth-order valence-corrected chi connectivity index (χ4v) is 1.39. The molecule has 15 heavy (non-hydrogen) atoms. The van der Waals surface area contributed by atoms with Crippen molar-refractivity contribution in [2.45, 2.75) is 0 Å². The van der Waals surface area contributed by atoms with E-state index in [0.29, 0.717) is 25.4 Å². The Hall–Kier alpha value is -1.46. The maximum atomic E-state index is 11.8. The summed E-state index contributed by atoms with van der Waals surface area (Å²) in [4.78, 5) is 15.8. The van der Waals surface area contributed by atoms with Crippen LogP contribution in [0.25, 0.3) is 0 Å². The number of aromatic nitrogens is 1. The maximum Gasteiger partial charge on any atom is 0.236 e. The number of ether oxygens (including phenoxy) is 1. The third-order valence-corrected chi connectivity index (χ3v) is 2.55. The summed E-state index contributed by atoms with van der Waals surface area (Å²) in [5.74, 6) is -0.0933. The predicted octanol–water partition coefficient (Wildman–Crippen LogP) is -0.00460. The molecule has 0 aliphatic carbocycles. The minimum absolute atomic E-state index is 0.0933. The second-order valence-corrected chi connectivity index (χ2v) is 3.67. The Morgan fingerprint density at radius 2 is 2.47 bits per heavy atom. The van der Waals surface area contributed by atoms with Crippen molar-refractivity contribution >= 4 is 11.6 Å². The fourth-order valence-electron chi connectivity index (χ4n) is 1.39. The average molecular weight is 207 g/mol. The first kappa shape index (κ1) is 10.1. The van der Waals surface area contributed by atoms with Gasteiger partial charge in [-0.3, -0.25) is 9.78 Å². The van der Waals surface area contributed by atoms with Crippen molar-refractivity contribution < 1.29 is 9.53 Å². The van der Waals surface area contributed by atoms with Gasteiger partial charge in [0.1, 0.15) is 5.41 Å². The third kappa shape index (κ3) is 1.84. The molecule has 1 fully saturated rings. The molecule has 1 saturated heterocycles. The molecule has 5 nitrogen and oxygen atoms in total. The van der Waals surface area contributed by atoms with Crippen LogP contribution in [0.1, 0.15) is 0 Å². The number of hydrogen-bond acceptors (Lipinski definition) is 4. The summed E-state index contributed by atoms with van der Waals surface area (Å²) < 4.78 is 5.03. The van der Waals surface area contributed by atoms with E-state index in [-0.39, 0.29) is 5.91 Å². The number of amides is 1. The van der Waals surface area contributed by atoms with E-state index in [4.69, 9.17) is 10.5 Å². The van der Waals surface area contributed by atoms with Crippen molar-refractivity contribution in [3.05, 3.63) is 24.5 Å². The molecule has 0 radical (unpaired) electrons. The second kappa shape index (κ2) is 3.96. The van der Waals surface area contributed by atoms with Gasteiger partial charge in [0.05, 0.1) is 25.1 Å². The molecule has 0 aromatic carbocycles. The van der Waals surface area contributed by atoms with Crippen molar-refractivity contribution in [1.82, 2.24) is 4.98 Å². The van der Waals surface area contributed by atoms with E-state index >= 15 is 0 Å². The highest BCUT2D eigenvalue weighted by Gasteiger charge is 2.44. The molecular formula is C10H13N3O2. The summed E-state index contributed by atoms with van der Waals surface area (Å²) in [6, 6.07) is 3.55. The summed E-state index contributed by atoms with van der Waals surface area (Å²) in [5, 5.41) is 2.77. The van der Waals surface area contributed by atoms with E-state index in [9.17, 15) is 4.79 Å². The van der Waals surface area contributed by atoms with E-state index in [1.54, 1.807) is 24.5 Å². The number of hydrogen-bond donors (Lipinski definition) is 2. The lowest BCUT2D eigenvalue weighted by Gasteiger charge is -2.38. The van der Waals surface area contributed by atoms with Crippen LogP contribution in [0.4, 0.5) is 5.69 Å². The Bertz CT molecular complexity index is 343. The number of anilines is 1. The zero-order valence-corrected chi connectivity index (χ0v) is 8.27. The van der Waals surface area contributed by atoms with Gasteiger partial charge in [-0.2, -0.15) is 0 Å². The predicted molar refractivity (Wildman–Crippen MR) is 55.2 cm³/mol. The lowest BCUT2D eigenvalue weighted by atomic mass is 9.85. The van der Waals surface area contributed by atoms with Crippen LogP contribution >= 0.6 is 0 Å². The molecule has 3 N–H and O–H groups in total. The normalized spacial score (nSPS) is 17.9. The van der Waals surface area contributed by atoms with E-state index < -0.39 is 5.41 Å². The molecule has 1 amide bonds. The number of carbonyl (C=O) groups is 1. The highest BCUT2D eigenvalue weighted by atomic mass is 16.5. The van der Waals surface area contributed by atoms with Gasteiger partial charge in [0.25, 0.3) is 0 Å². The maximum absolute atomic E-state index is 11.8. The molecule has 1 aliphatic heterocycles. The van der Waals surface area contributed by atoms with Crippen molar-refractivity contribution in [2.24, 2.45) is 11.1 Å². The van der Waals surface area contributed by atoms with Gasteiger partial charge in [-0.05, 0) is 12.1 Å². The van der Waals surface area contributed by atoms with Crippen LogP contribution in [-0.2, 0) is 9.53 Å². The minimum atomic E-state index is -0.546. The van der Waals surface area contributed by atoms with Crippen LogP contribution in [0.2, 0.25) is 0 Å². The first-order valence-electron chi connectivity index (χ1n) is 4.76. The van der Waals surface area contributed by atoms with Crippen LogP contribution < -0.4 is 11.1 Å². The first-order chi connectivity index (χ1) is 7.27. The molecular weight excluding hydrogens is 194 g/mol. The molecule has 0 spiro atoms. The third-order valence-electron chi connectivity index (χ3n) is 2.55. The minimum Gasteiger partial charge on any atom is -0.379 e. The number of nitrogens with one attached hydrogen (secondary N) is 1. The van der Waals surface area contributed by atoms with Gasteiger partial charge in [0.15, 0.2) is 0 Å². The van der Waals surface area contributed by atoms with Gasteiger partial charge in [-0.15, -0.1) is 0 Å². The summed E-state index contributed by atoms with van der Waals surface area (Å²) in [7, 11) is 0. The molecule has 1 aromatic rings. The summed E-state index contributed by atoms with van der Waals surface area (Å²) in [6.07, 6.45) is 3.25. The van der Waals surface area contributed by atoms with Crippen LogP contribution in [0.5, 0.6) is 0 Å². The molecule has 80 valence electrons. The van der Waals surface area contributed by atoms with Crippen molar-refractivity contribution in [1.29, 1.82) is 0 Å². The van der Waals surface area contributed by atoms with Gasteiger partial charge in [0, 0.05) is 12.7 Å². The van der Waals surface area contributed by atoms with Crippen molar-refractivity contribution in [2.75, 3.05) is 25.1 Å². The van der Waals surface area contributed by atoms with E-state index in [0.717, 1.165) is 0 Å². The smallest absolute Gasteiger partial charge is 0.236 e. The number of pyridine rings is 1. The van der Waals surface area contributed by atoms with Crippen LogP contribution in [-0.4, -0.2) is 30.6 Å². The fraction of sp³-hybridized carbons (Fsp3) is 0.400. The van der Waals surface area contributed by atoms with Gasteiger partial charge in [-0.25, -0.2) is 0 Å². The second-order valence-electron chi connectivity index (χ2n) is 3.67. The number of carbonyl (C=O) groups excluding carboxylic acids is 1. The highest BCUT2D eigenvalue weighted by Crippen LogP contribution is 2.27. The van der Waals surface area contributed by atoms with Crippen molar-refractivity contribution in [3.63, 3.8) is 0 Å². The summed E-state index contributed by atoms with van der Waals surface area (Å²) in [5.41, 5.74) is 5.70. The zero-order valence-electron chi connectivity index (χ0n) is 8.27. The van der Waals surface area contributed by atoms with E-state index in [1.165, 1.54) is 0 Å². The largest absolute Gasteiger partial charge is 0.379 e. The topological polar surface area (TPSA) is 77.2 Å². The molecule has 2 heterocycles. The van der Waals surface area contributed by atoms with Gasteiger partial charge in [0.2, 0.25) is 5.91 Å². The molecule has 0 unspecified atom stereocenters. The van der Waals surface area contributed by atoms with Crippen LogP contribution in [0.15, 0.2) is 24.5 Å². The van der Waals surface area contributed by atoms with E-state index in [2.05, 4.69) is 10.3 Å². The molecule has 0 atom stereocenters. The van der Waals surface area contributed by atoms with Crippen LogP contribution in [0, 0.1) is 5.41 Å². The number of nitrogens with zero attached hydrogens (tertiary/aromatic N) is 1. The Morgan fingerprint density at radius 3 is 2.93 bits per heavy atom. The standard InChI is InChI=1S/C10H13N3O2/c11-5-10(6-15-7-10)9(14)13-8-2-1-3-12-4-8/h1-4H,5-7,11H2,(H,13,14). The van der Waals surface area contributed by atoms with Gasteiger partial charge >= 0.3 is 0 Å². The molecule has 5 heteroatoms. The molecule has 0 bridgehead atoms. The Morgan fingerprint density at radius 1 is 1.67 bits per heavy atom. The van der Waals surface area contributed by atoms with Gasteiger partial charge in [-0.1, -0.05) is 0 Å². The Labute approximate surface area is 87.6 Å². The lowest BCUT2D eigenvalue weighted by molar-refractivity contribution is -0.153. The Balaban J connectivity index is 2.04. The molecule has 0 saturated carbocycles. The quantitative estimate of drug-likeness (QED) is 0.731. The molecule has 2 rings (SSSR count). The summed E-state index contributed by atoms with van der Waals surface area (Å²) >= 11 is 0. The van der Waals surface area contributed by atoms with Crippen LogP contribution in [0.3, 0.4) is 0 Å². The van der Waals surface area contributed by atoms with Crippen molar-refractivity contribution in [3.8, 4) is 0 Å². The summed E-state index contributed by atoms with van der Waals surface area (Å²) in [6.45, 7) is 1.10. The SMILES string of the molecule is NCC1(C(=O)Nc2cccnc2)COC1.